The van der Waals surface area contributed by atoms with Crippen molar-refractivity contribution in [1.29, 1.82) is 0 Å². The van der Waals surface area contributed by atoms with Crippen molar-refractivity contribution in [3.8, 4) is 0 Å². The first-order chi connectivity index (χ1) is 12.2. The van der Waals surface area contributed by atoms with E-state index in [9.17, 15) is 9.90 Å². The minimum atomic E-state index is -0.889. The number of carboxylic acids is 1. The number of nitrogens with zero attached hydrogens (tertiary/aromatic N) is 1. The zero-order valence-electron chi connectivity index (χ0n) is 15.3. The van der Waals surface area contributed by atoms with Crippen molar-refractivity contribution in [2.45, 2.75) is 83.2 Å². The van der Waals surface area contributed by atoms with Gasteiger partial charge in [-0.25, -0.2) is 10.2 Å². The molecule has 0 bridgehead atoms. The summed E-state index contributed by atoms with van der Waals surface area (Å²) >= 11 is 0. The number of carboxylic acid groups (broad SMARTS) is 1. The molecule has 0 aromatic rings. The zero-order valence-corrected chi connectivity index (χ0v) is 15.3. The number of hydrogen-bond donors (Lipinski definition) is 4. The van der Waals surface area contributed by atoms with Gasteiger partial charge in [-0.05, 0) is 43.4 Å². The van der Waals surface area contributed by atoms with Crippen LogP contribution in [0, 0.1) is 17.8 Å². The van der Waals surface area contributed by atoms with Crippen molar-refractivity contribution in [1.82, 2.24) is 16.3 Å². The summed E-state index contributed by atoms with van der Waals surface area (Å²) in [4.78, 5) is 11.5. The third-order valence-electron chi connectivity index (χ3n) is 6.35. The molecule has 6 heteroatoms. The second-order valence-electron chi connectivity index (χ2n) is 8.10. The topological polar surface area (TPSA) is 85.8 Å². The van der Waals surface area contributed by atoms with Crippen molar-refractivity contribution < 1.29 is 9.90 Å². The normalized spacial score (nSPS) is 31.4. The average Bonchev–Trinajstić information content (AvgIpc) is 2.65. The highest BCUT2D eigenvalue weighted by Crippen LogP contribution is 2.32. The number of hydrazine groups is 1. The van der Waals surface area contributed by atoms with Crippen LogP contribution in [0.1, 0.15) is 77.0 Å². The number of nitrogens with one attached hydrogen (secondary N) is 3. The van der Waals surface area contributed by atoms with Gasteiger partial charge in [0.05, 0.1) is 0 Å². The van der Waals surface area contributed by atoms with E-state index < -0.39 is 5.97 Å². The maximum absolute atomic E-state index is 11.5. The van der Waals surface area contributed by atoms with Crippen LogP contribution in [-0.2, 0) is 4.79 Å². The molecule has 3 atom stereocenters. The molecule has 0 amide bonds. The van der Waals surface area contributed by atoms with E-state index >= 15 is 0 Å². The highest BCUT2D eigenvalue weighted by atomic mass is 16.4. The second kappa shape index (κ2) is 9.53. The summed E-state index contributed by atoms with van der Waals surface area (Å²) in [5, 5.41) is 13.8. The van der Waals surface area contributed by atoms with Gasteiger partial charge in [0.2, 0.25) is 0 Å². The SMILES string of the molecule is O=C(O)/C(CCCC1CCCCC1)=N/NC1NNCC2CCCCC21. The van der Waals surface area contributed by atoms with E-state index in [1.807, 2.05) is 0 Å². The van der Waals surface area contributed by atoms with Crippen molar-refractivity contribution in [2.75, 3.05) is 6.54 Å². The van der Waals surface area contributed by atoms with Crippen molar-refractivity contribution in [3.63, 3.8) is 0 Å². The van der Waals surface area contributed by atoms with Gasteiger partial charge in [-0.2, -0.15) is 5.10 Å². The molecule has 0 radical (unpaired) electrons. The molecule has 3 rings (SSSR count). The molecule has 3 fully saturated rings. The van der Waals surface area contributed by atoms with Crippen LogP contribution in [0.5, 0.6) is 0 Å². The summed E-state index contributed by atoms with van der Waals surface area (Å²) in [6.45, 7) is 1.000. The second-order valence-corrected chi connectivity index (χ2v) is 8.10. The number of hydrazone groups is 1. The van der Waals surface area contributed by atoms with Gasteiger partial charge in [0.15, 0.2) is 0 Å². The minimum Gasteiger partial charge on any atom is -0.477 e. The van der Waals surface area contributed by atoms with Crippen molar-refractivity contribution >= 4 is 11.7 Å². The number of rotatable bonds is 7. The molecule has 4 N–H and O–H groups in total. The van der Waals surface area contributed by atoms with Crippen LogP contribution in [0.2, 0.25) is 0 Å². The monoisotopic (exact) mass is 350 g/mol. The minimum absolute atomic E-state index is 0.0340. The molecule has 1 saturated heterocycles. The first-order valence-electron chi connectivity index (χ1n) is 10.3. The lowest BCUT2D eigenvalue weighted by Gasteiger charge is -2.41. The fourth-order valence-corrected chi connectivity index (χ4v) is 4.86. The number of aliphatic carboxylic acids is 1. The van der Waals surface area contributed by atoms with E-state index in [-0.39, 0.29) is 11.9 Å². The lowest BCUT2D eigenvalue weighted by atomic mass is 9.77. The molecule has 3 aliphatic rings. The summed E-state index contributed by atoms with van der Waals surface area (Å²) in [6.07, 6.45) is 14.4. The highest BCUT2D eigenvalue weighted by Gasteiger charge is 2.34. The van der Waals surface area contributed by atoms with Crippen LogP contribution in [-0.4, -0.2) is 29.5 Å². The largest absolute Gasteiger partial charge is 0.477 e. The van der Waals surface area contributed by atoms with E-state index in [0.29, 0.717) is 18.3 Å². The first-order valence-corrected chi connectivity index (χ1v) is 10.3. The molecule has 3 unspecified atom stereocenters. The Morgan fingerprint density at radius 3 is 2.64 bits per heavy atom. The molecular formula is C19H34N4O2. The van der Waals surface area contributed by atoms with Crippen molar-refractivity contribution in [3.05, 3.63) is 0 Å². The molecule has 142 valence electrons. The van der Waals surface area contributed by atoms with Gasteiger partial charge in [-0.15, -0.1) is 0 Å². The molecule has 0 spiro atoms. The Balaban J connectivity index is 1.48. The van der Waals surface area contributed by atoms with Crippen LogP contribution in [0.4, 0.5) is 0 Å². The molecule has 0 aromatic heterocycles. The maximum atomic E-state index is 11.5. The summed E-state index contributed by atoms with van der Waals surface area (Å²) in [7, 11) is 0. The van der Waals surface area contributed by atoms with E-state index in [0.717, 1.165) is 25.3 Å². The van der Waals surface area contributed by atoms with Crippen LogP contribution in [0.15, 0.2) is 5.10 Å². The summed E-state index contributed by atoms with van der Waals surface area (Å²) in [5.41, 5.74) is 9.90. The molecule has 1 aliphatic heterocycles. The highest BCUT2D eigenvalue weighted by molar-refractivity contribution is 6.35. The van der Waals surface area contributed by atoms with Gasteiger partial charge in [0, 0.05) is 6.54 Å². The quantitative estimate of drug-likeness (QED) is 0.419. The third-order valence-corrected chi connectivity index (χ3v) is 6.35. The Morgan fingerprint density at radius 2 is 1.84 bits per heavy atom. The summed E-state index contributed by atoms with van der Waals surface area (Å²) in [5.74, 6) is 1.11. The molecular weight excluding hydrogens is 316 g/mol. The van der Waals surface area contributed by atoms with Gasteiger partial charge in [0.25, 0.3) is 0 Å². The smallest absolute Gasteiger partial charge is 0.352 e. The summed E-state index contributed by atoms with van der Waals surface area (Å²) < 4.78 is 0. The lowest BCUT2D eigenvalue weighted by molar-refractivity contribution is -0.129. The van der Waals surface area contributed by atoms with E-state index in [1.54, 1.807) is 0 Å². The van der Waals surface area contributed by atoms with Gasteiger partial charge >= 0.3 is 5.97 Å². The van der Waals surface area contributed by atoms with E-state index in [2.05, 4.69) is 21.4 Å². The van der Waals surface area contributed by atoms with Gasteiger partial charge in [-0.3, -0.25) is 10.9 Å². The Kier molecular flexibility index (Phi) is 7.11. The van der Waals surface area contributed by atoms with Crippen molar-refractivity contribution in [2.24, 2.45) is 22.9 Å². The van der Waals surface area contributed by atoms with Gasteiger partial charge in [-0.1, -0.05) is 51.4 Å². The Labute approximate surface area is 151 Å². The molecule has 25 heavy (non-hydrogen) atoms. The first kappa shape index (κ1) is 18.6. The fraction of sp³-hybridized carbons (Fsp3) is 0.895. The predicted octanol–water partition coefficient (Wildman–Crippen LogP) is 3.01. The molecule has 2 aliphatic carbocycles. The third kappa shape index (κ3) is 5.42. The molecule has 0 aromatic carbocycles. The summed E-state index contributed by atoms with van der Waals surface area (Å²) in [6, 6.07) is 0. The molecule has 1 heterocycles. The lowest BCUT2D eigenvalue weighted by Crippen LogP contribution is -2.61. The Bertz CT molecular complexity index is 460. The van der Waals surface area contributed by atoms with Crippen LogP contribution < -0.4 is 16.3 Å². The maximum Gasteiger partial charge on any atom is 0.352 e. The van der Waals surface area contributed by atoms with E-state index in [4.69, 9.17) is 0 Å². The van der Waals surface area contributed by atoms with Gasteiger partial charge in [0.1, 0.15) is 11.9 Å². The number of hydrogen-bond acceptors (Lipinski definition) is 5. The standard InChI is InChI=1S/C19H34N4O2/c24-19(25)17(12-6-9-14-7-2-1-3-8-14)21-23-18-16-11-5-4-10-15(16)13-20-22-18/h14-16,18,20,22-23H,1-13H2,(H,24,25)/b21-17+. The molecule has 2 saturated carbocycles. The Morgan fingerprint density at radius 1 is 1.08 bits per heavy atom. The predicted molar refractivity (Wildman–Crippen MR) is 99.0 cm³/mol. The average molecular weight is 351 g/mol. The van der Waals surface area contributed by atoms with Crippen LogP contribution in [0.3, 0.4) is 0 Å². The van der Waals surface area contributed by atoms with Crippen LogP contribution in [0.25, 0.3) is 0 Å². The fourth-order valence-electron chi connectivity index (χ4n) is 4.86. The Hall–Kier alpha value is -1.14. The van der Waals surface area contributed by atoms with Gasteiger partial charge < -0.3 is 5.11 Å². The zero-order chi connectivity index (χ0) is 17.5. The van der Waals surface area contributed by atoms with Crippen LogP contribution >= 0.6 is 0 Å². The molecule has 6 nitrogen and oxygen atoms in total. The number of fused-ring (bicyclic) bond motifs is 1. The number of carbonyl (C=O) groups is 1. The van der Waals surface area contributed by atoms with E-state index in [1.165, 1.54) is 57.8 Å².